The molecule has 0 bridgehead atoms. The molecule has 0 aromatic heterocycles. The van der Waals surface area contributed by atoms with Crippen molar-refractivity contribution in [1.29, 1.82) is 0 Å². The lowest BCUT2D eigenvalue weighted by Gasteiger charge is -2.35. The highest BCUT2D eigenvalue weighted by atomic mass is 16.5. The van der Waals surface area contributed by atoms with Crippen LogP contribution in [0.3, 0.4) is 0 Å². The van der Waals surface area contributed by atoms with Crippen molar-refractivity contribution in [2.45, 2.75) is 46.1 Å². The molecule has 0 saturated heterocycles. The van der Waals surface area contributed by atoms with Gasteiger partial charge < -0.3 is 10.1 Å². The molecule has 0 aliphatic carbocycles. The van der Waals surface area contributed by atoms with Crippen molar-refractivity contribution in [2.24, 2.45) is 5.41 Å². The minimum Gasteiger partial charge on any atom is -0.497 e. The summed E-state index contributed by atoms with van der Waals surface area (Å²) >= 11 is 0. The maximum absolute atomic E-state index is 5.72. The predicted molar refractivity (Wildman–Crippen MR) is 60.2 cm³/mol. The molecule has 1 N–H and O–H groups in total. The Bertz CT molecular complexity index is 208. The molecular formula is C12H23NO. The van der Waals surface area contributed by atoms with Crippen LogP contribution in [0.5, 0.6) is 0 Å². The van der Waals surface area contributed by atoms with Gasteiger partial charge in [-0.2, -0.15) is 0 Å². The Hall–Kier alpha value is -0.500. The zero-order valence-electron chi connectivity index (χ0n) is 9.89. The first kappa shape index (κ1) is 11.6. The molecule has 0 spiro atoms. The van der Waals surface area contributed by atoms with Crippen molar-refractivity contribution >= 4 is 0 Å². The Morgan fingerprint density at radius 3 is 2.71 bits per heavy atom. The van der Waals surface area contributed by atoms with E-state index in [4.69, 9.17) is 4.74 Å². The van der Waals surface area contributed by atoms with Crippen molar-refractivity contribution in [3.05, 3.63) is 11.8 Å². The average molecular weight is 197 g/mol. The molecule has 1 rings (SSSR count). The third-order valence-corrected chi connectivity index (χ3v) is 3.23. The highest BCUT2D eigenvalue weighted by molar-refractivity contribution is 5.09. The van der Waals surface area contributed by atoms with Crippen molar-refractivity contribution in [2.75, 3.05) is 13.7 Å². The van der Waals surface area contributed by atoms with Crippen LogP contribution in [0.4, 0.5) is 0 Å². The third kappa shape index (κ3) is 2.50. The Labute approximate surface area is 87.7 Å². The molecule has 1 aliphatic rings. The van der Waals surface area contributed by atoms with Crippen LogP contribution in [0.1, 0.15) is 40.0 Å². The minimum absolute atomic E-state index is 0.262. The van der Waals surface area contributed by atoms with Gasteiger partial charge in [-0.25, -0.2) is 0 Å². The SMILES string of the molecule is CCC(C)(C)C(NC)C1=CCCCO1. The maximum Gasteiger partial charge on any atom is 0.109 e. The molecule has 2 nitrogen and oxygen atoms in total. The van der Waals surface area contributed by atoms with Crippen LogP contribution in [0.25, 0.3) is 0 Å². The highest BCUT2D eigenvalue weighted by Gasteiger charge is 2.31. The first-order valence-corrected chi connectivity index (χ1v) is 5.62. The lowest BCUT2D eigenvalue weighted by Crippen LogP contribution is -2.42. The van der Waals surface area contributed by atoms with Crippen LogP contribution in [0.2, 0.25) is 0 Å². The second kappa shape index (κ2) is 4.83. The van der Waals surface area contributed by atoms with Gasteiger partial charge in [-0.1, -0.05) is 20.8 Å². The lowest BCUT2D eigenvalue weighted by atomic mass is 9.80. The molecule has 0 aromatic rings. The van der Waals surface area contributed by atoms with Gasteiger partial charge in [0.05, 0.1) is 12.6 Å². The number of hydrogen-bond acceptors (Lipinski definition) is 2. The zero-order valence-corrected chi connectivity index (χ0v) is 9.89. The normalized spacial score (nSPS) is 19.9. The summed E-state index contributed by atoms with van der Waals surface area (Å²) in [6.07, 6.45) is 5.71. The predicted octanol–water partition coefficient (Wildman–Crippen LogP) is 2.70. The lowest BCUT2D eigenvalue weighted by molar-refractivity contribution is 0.126. The van der Waals surface area contributed by atoms with Gasteiger partial charge in [0.15, 0.2) is 0 Å². The molecule has 0 amide bonds. The smallest absolute Gasteiger partial charge is 0.109 e. The van der Waals surface area contributed by atoms with Crippen molar-refractivity contribution in [1.82, 2.24) is 5.32 Å². The molecule has 1 aliphatic heterocycles. The summed E-state index contributed by atoms with van der Waals surface area (Å²) < 4.78 is 5.72. The van der Waals surface area contributed by atoms with E-state index in [2.05, 4.69) is 32.2 Å². The first-order chi connectivity index (χ1) is 6.61. The number of hydrogen-bond donors (Lipinski definition) is 1. The van der Waals surface area contributed by atoms with E-state index >= 15 is 0 Å². The van der Waals surface area contributed by atoms with E-state index in [-0.39, 0.29) is 5.41 Å². The quantitative estimate of drug-likeness (QED) is 0.748. The second-order valence-electron chi connectivity index (χ2n) is 4.66. The van der Waals surface area contributed by atoms with E-state index in [1.165, 1.54) is 0 Å². The average Bonchev–Trinajstić information content (AvgIpc) is 2.20. The molecule has 0 aromatic carbocycles. The third-order valence-electron chi connectivity index (χ3n) is 3.23. The second-order valence-corrected chi connectivity index (χ2v) is 4.66. The Balaban J connectivity index is 2.74. The summed E-state index contributed by atoms with van der Waals surface area (Å²) in [7, 11) is 2.01. The molecule has 0 saturated carbocycles. The molecule has 0 fully saturated rings. The largest absolute Gasteiger partial charge is 0.497 e. The number of allylic oxidation sites excluding steroid dienone is 1. The number of rotatable bonds is 4. The van der Waals surface area contributed by atoms with E-state index < -0.39 is 0 Å². The molecule has 82 valence electrons. The topological polar surface area (TPSA) is 21.3 Å². The summed E-state index contributed by atoms with van der Waals surface area (Å²) in [6, 6.07) is 0.354. The van der Waals surface area contributed by atoms with Crippen molar-refractivity contribution in [3.8, 4) is 0 Å². The fourth-order valence-electron chi connectivity index (χ4n) is 1.90. The Morgan fingerprint density at radius 1 is 1.57 bits per heavy atom. The van der Waals surface area contributed by atoms with Crippen LogP contribution in [0, 0.1) is 5.41 Å². The fraction of sp³-hybridized carbons (Fsp3) is 0.833. The van der Waals surface area contributed by atoms with Gasteiger partial charge in [0.2, 0.25) is 0 Å². The van der Waals surface area contributed by atoms with Gasteiger partial charge in [0, 0.05) is 0 Å². The molecule has 1 heterocycles. The summed E-state index contributed by atoms with van der Waals surface area (Å²) in [5.74, 6) is 1.14. The highest BCUT2D eigenvalue weighted by Crippen LogP contribution is 2.31. The molecular weight excluding hydrogens is 174 g/mol. The summed E-state index contributed by atoms with van der Waals surface area (Å²) in [4.78, 5) is 0. The van der Waals surface area contributed by atoms with Crippen molar-refractivity contribution < 1.29 is 4.74 Å². The van der Waals surface area contributed by atoms with E-state index in [0.29, 0.717) is 6.04 Å². The van der Waals surface area contributed by atoms with Crippen LogP contribution in [0.15, 0.2) is 11.8 Å². The van der Waals surface area contributed by atoms with Crippen LogP contribution in [-0.2, 0) is 4.74 Å². The molecule has 0 radical (unpaired) electrons. The van der Waals surface area contributed by atoms with Gasteiger partial charge >= 0.3 is 0 Å². The number of ether oxygens (including phenoxy) is 1. The van der Waals surface area contributed by atoms with Crippen LogP contribution in [-0.4, -0.2) is 19.7 Å². The summed E-state index contributed by atoms with van der Waals surface area (Å²) in [5, 5.41) is 3.37. The van der Waals surface area contributed by atoms with E-state index in [1.807, 2.05) is 7.05 Å². The standard InChI is InChI=1S/C12H23NO/c1-5-12(2,3)11(13-4)10-8-6-7-9-14-10/h8,11,13H,5-7,9H2,1-4H3. The maximum atomic E-state index is 5.72. The van der Waals surface area contributed by atoms with Gasteiger partial charge in [-0.3, -0.25) is 0 Å². The Morgan fingerprint density at radius 2 is 2.29 bits per heavy atom. The van der Waals surface area contributed by atoms with Gasteiger partial charge in [0.25, 0.3) is 0 Å². The van der Waals surface area contributed by atoms with E-state index in [0.717, 1.165) is 31.6 Å². The van der Waals surface area contributed by atoms with Gasteiger partial charge in [0.1, 0.15) is 5.76 Å². The number of likely N-dealkylation sites (N-methyl/N-ethyl adjacent to an activating group) is 1. The molecule has 1 unspecified atom stereocenters. The van der Waals surface area contributed by atoms with E-state index in [9.17, 15) is 0 Å². The Kier molecular flexibility index (Phi) is 3.99. The van der Waals surface area contributed by atoms with E-state index in [1.54, 1.807) is 0 Å². The molecule has 1 atom stereocenters. The summed E-state index contributed by atoms with van der Waals surface area (Å²) in [6.45, 7) is 7.68. The van der Waals surface area contributed by atoms with Crippen LogP contribution >= 0.6 is 0 Å². The fourth-order valence-corrected chi connectivity index (χ4v) is 1.90. The minimum atomic E-state index is 0.262. The van der Waals surface area contributed by atoms with Gasteiger partial charge in [-0.15, -0.1) is 0 Å². The summed E-state index contributed by atoms with van der Waals surface area (Å²) in [5.41, 5.74) is 0.262. The van der Waals surface area contributed by atoms with Gasteiger partial charge in [-0.05, 0) is 37.8 Å². The molecule has 14 heavy (non-hydrogen) atoms. The zero-order chi connectivity index (χ0) is 10.6. The first-order valence-electron chi connectivity index (χ1n) is 5.62. The number of nitrogens with one attached hydrogen (secondary N) is 1. The molecule has 2 heteroatoms. The van der Waals surface area contributed by atoms with Crippen molar-refractivity contribution in [3.63, 3.8) is 0 Å². The van der Waals surface area contributed by atoms with Crippen LogP contribution < -0.4 is 5.32 Å². The monoisotopic (exact) mass is 197 g/mol.